The predicted molar refractivity (Wildman–Crippen MR) is 76.3 cm³/mol. The maximum Gasteiger partial charge on any atom is 0.241 e. The van der Waals surface area contributed by atoms with E-state index in [9.17, 15) is 9.18 Å². The van der Waals surface area contributed by atoms with Crippen molar-refractivity contribution in [2.24, 2.45) is 5.73 Å². The molecular weight excluding hydrogens is 255 g/mol. The summed E-state index contributed by atoms with van der Waals surface area (Å²) < 4.78 is 12.9. The second-order valence-corrected chi connectivity index (χ2v) is 4.67. The Balaban J connectivity index is 2.02. The smallest absolute Gasteiger partial charge is 0.241 e. The van der Waals surface area contributed by atoms with E-state index >= 15 is 0 Å². The van der Waals surface area contributed by atoms with Crippen LogP contribution in [0.25, 0.3) is 0 Å². The molecule has 3 N–H and O–H groups in total. The molecule has 2 rings (SSSR count). The average Bonchev–Trinajstić information content (AvgIpc) is 2.48. The van der Waals surface area contributed by atoms with Crippen molar-refractivity contribution in [1.29, 1.82) is 0 Å². The standard InChI is InChI=1S/C16H17FN2O/c1-11(12-7-9-14(17)10-8-12)19-16(20)15(18)13-5-3-2-4-6-13/h2-11,15H,18H2,1H3,(H,19,20)/t11-,15?/m0/s1. The first-order chi connectivity index (χ1) is 9.58. The highest BCUT2D eigenvalue weighted by Gasteiger charge is 2.18. The van der Waals surface area contributed by atoms with Gasteiger partial charge in [-0.2, -0.15) is 0 Å². The van der Waals surface area contributed by atoms with Gasteiger partial charge in [0.15, 0.2) is 0 Å². The number of rotatable bonds is 4. The minimum atomic E-state index is -0.709. The minimum absolute atomic E-state index is 0.224. The lowest BCUT2D eigenvalue weighted by Gasteiger charge is -2.18. The molecule has 2 atom stereocenters. The molecule has 0 aromatic heterocycles. The molecule has 2 aromatic rings. The Morgan fingerprint density at radius 3 is 2.25 bits per heavy atom. The molecule has 0 saturated heterocycles. The van der Waals surface area contributed by atoms with Crippen LogP contribution < -0.4 is 11.1 Å². The van der Waals surface area contributed by atoms with Gasteiger partial charge in [0.05, 0.1) is 6.04 Å². The summed E-state index contributed by atoms with van der Waals surface area (Å²) in [5.41, 5.74) is 7.51. The first kappa shape index (κ1) is 14.2. The van der Waals surface area contributed by atoms with Crippen LogP contribution in [0.5, 0.6) is 0 Å². The number of hydrogen-bond donors (Lipinski definition) is 2. The summed E-state index contributed by atoms with van der Waals surface area (Å²) in [6.45, 7) is 1.84. The second kappa shape index (κ2) is 6.30. The summed E-state index contributed by atoms with van der Waals surface area (Å²) in [7, 11) is 0. The van der Waals surface area contributed by atoms with E-state index in [0.717, 1.165) is 11.1 Å². The first-order valence-corrected chi connectivity index (χ1v) is 6.44. The molecule has 1 amide bonds. The van der Waals surface area contributed by atoms with Crippen LogP contribution in [0, 0.1) is 5.82 Å². The van der Waals surface area contributed by atoms with Gasteiger partial charge in [0, 0.05) is 0 Å². The summed E-state index contributed by atoms with van der Waals surface area (Å²) in [5, 5.41) is 2.83. The molecule has 0 spiro atoms. The summed E-state index contributed by atoms with van der Waals surface area (Å²) in [5.74, 6) is -0.554. The molecule has 104 valence electrons. The third kappa shape index (κ3) is 3.42. The molecule has 3 nitrogen and oxygen atoms in total. The number of hydrogen-bond acceptors (Lipinski definition) is 2. The molecule has 1 unspecified atom stereocenters. The summed E-state index contributed by atoms with van der Waals surface area (Å²) in [4.78, 5) is 12.1. The number of nitrogens with one attached hydrogen (secondary N) is 1. The Kier molecular flexibility index (Phi) is 4.48. The van der Waals surface area contributed by atoms with Gasteiger partial charge in [-0.05, 0) is 30.2 Å². The van der Waals surface area contributed by atoms with E-state index in [4.69, 9.17) is 5.73 Å². The average molecular weight is 272 g/mol. The lowest BCUT2D eigenvalue weighted by atomic mass is 10.1. The van der Waals surface area contributed by atoms with Gasteiger partial charge in [-0.1, -0.05) is 42.5 Å². The van der Waals surface area contributed by atoms with E-state index < -0.39 is 6.04 Å². The normalized spacial score (nSPS) is 13.6. The molecule has 0 heterocycles. The third-order valence-electron chi connectivity index (χ3n) is 3.17. The Bertz CT molecular complexity index is 569. The van der Waals surface area contributed by atoms with Gasteiger partial charge in [-0.3, -0.25) is 4.79 Å². The number of carbonyl (C=O) groups excluding carboxylic acids is 1. The fourth-order valence-electron chi connectivity index (χ4n) is 1.95. The number of carbonyl (C=O) groups is 1. The number of halogens is 1. The second-order valence-electron chi connectivity index (χ2n) is 4.67. The van der Waals surface area contributed by atoms with Gasteiger partial charge in [0.1, 0.15) is 11.9 Å². The van der Waals surface area contributed by atoms with Gasteiger partial charge in [0.2, 0.25) is 5.91 Å². The number of nitrogens with two attached hydrogens (primary N) is 1. The van der Waals surface area contributed by atoms with Crippen LogP contribution in [0.15, 0.2) is 54.6 Å². The summed E-state index contributed by atoms with van der Waals surface area (Å²) in [6, 6.07) is 14.3. The molecule has 20 heavy (non-hydrogen) atoms. The SMILES string of the molecule is C[C@H](NC(=O)C(N)c1ccccc1)c1ccc(F)cc1. The van der Waals surface area contributed by atoms with Gasteiger partial charge in [-0.15, -0.1) is 0 Å². The lowest BCUT2D eigenvalue weighted by molar-refractivity contribution is -0.123. The van der Waals surface area contributed by atoms with Crippen molar-refractivity contribution in [3.63, 3.8) is 0 Å². The quantitative estimate of drug-likeness (QED) is 0.899. The molecule has 0 aliphatic rings. The zero-order valence-corrected chi connectivity index (χ0v) is 11.2. The van der Waals surface area contributed by atoms with Crippen molar-refractivity contribution in [3.8, 4) is 0 Å². The van der Waals surface area contributed by atoms with Crippen molar-refractivity contribution >= 4 is 5.91 Å². The maximum absolute atomic E-state index is 12.9. The monoisotopic (exact) mass is 272 g/mol. The lowest BCUT2D eigenvalue weighted by Crippen LogP contribution is -2.35. The van der Waals surface area contributed by atoms with Crippen LogP contribution >= 0.6 is 0 Å². The maximum atomic E-state index is 12.9. The molecule has 0 aliphatic heterocycles. The van der Waals surface area contributed by atoms with Gasteiger partial charge in [0.25, 0.3) is 0 Å². The van der Waals surface area contributed by atoms with E-state index in [1.807, 2.05) is 37.3 Å². The Labute approximate surface area is 117 Å². The van der Waals surface area contributed by atoms with Crippen LogP contribution in [-0.4, -0.2) is 5.91 Å². The van der Waals surface area contributed by atoms with E-state index in [-0.39, 0.29) is 17.8 Å². The largest absolute Gasteiger partial charge is 0.348 e. The van der Waals surface area contributed by atoms with E-state index in [2.05, 4.69) is 5.32 Å². The summed E-state index contributed by atoms with van der Waals surface area (Å²) >= 11 is 0. The van der Waals surface area contributed by atoms with Crippen LogP contribution in [0.3, 0.4) is 0 Å². The predicted octanol–water partition coefficient (Wildman–Crippen LogP) is 2.70. The molecular formula is C16H17FN2O. The van der Waals surface area contributed by atoms with Gasteiger partial charge in [-0.25, -0.2) is 4.39 Å². The fraction of sp³-hybridized carbons (Fsp3) is 0.188. The molecule has 0 fully saturated rings. The zero-order valence-electron chi connectivity index (χ0n) is 11.2. The van der Waals surface area contributed by atoms with Gasteiger partial charge >= 0.3 is 0 Å². The van der Waals surface area contributed by atoms with Crippen LogP contribution in [-0.2, 0) is 4.79 Å². The summed E-state index contributed by atoms with van der Waals surface area (Å²) in [6.07, 6.45) is 0. The highest BCUT2D eigenvalue weighted by Crippen LogP contribution is 2.15. The highest BCUT2D eigenvalue weighted by molar-refractivity contribution is 5.83. The fourth-order valence-corrected chi connectivity index (χ4v) is 1.95. The zero-order chi connectivity index (χ0) is 14.5. The Morgan fingerprint density at radius 1 is 1.05 bits per heavy atom. The Hall–Kier alpha value is -2.20. The topological polar surface area (TPSA) is 55.1 Å². The van der Waals surface area contributed by atoms with Crippen molar-refractivity contribution < 1.29 is 9.18 Å². The van der Waals surface area contributed by atoms with Crippen LogP contribution in [0.2, 0.25) is 0 Å². The van der Waals surface area contributed by atoms with Crippen molar-refractivity contribution in [1.82, 2.24) is 5.32 Å². The molecule has 0 radical (unpaired) electrons. The highest BCUT2D eigenvalue weighted by atomic mass is 19.1. The number of amides is 1. The molecule has 2 aromatic carbocycles. The third-order valence-corrected chi connectivity index (χ3v) is 3.17. The van der Waals surface area contributed by atoms with E-state index in [1.54, 1.807) is 12.1 Å². The Morgan fingerprint density at radius 2 is 1.65 bits per heavy atom. The van der Waals surface area contributed by atoms with E-state index in [0.29, 0.717) is 0 Å². The molecule has 0 saturated carbocycles. The van der Waals surface area contributed by atoms with Crippen molar-refractivity contribution in [2.75, 3.05) is 0 Å². The van der Waals surface area contributed by atoms with E-state index in [1.165, 1.54) is 12.1 Å². The van der Waals surface area contributed by atoms with Crippen molar-refractivity contribution in [2.45, 2.75) is 19.0 Å². The molecule has 4 heteroatoms. The van der Waals surface area contributed by atoms with Crippen LogP contribution in [0.4, 0.5) is 4.39 Å². The minimum Gasteiger partial charge on any atom is -0.348 e. The van der Waals surface area contributed by atoms with Gasteiger partial charge < -0.3 is 11.1 Å². The first-order valence-electron chi connectivity index (χ1n) is 6.44. The molecule has 0 bridgehead atoms. The number of benzene rings is 2. The van der Waals surface area contributed by atoms with Crippen molar-refractivity contribution in [3.05, 3.63) is 71.5 Å². The molecule has 0 aliphatic carbocycles. The van der Waals surface area contributed by atoms with Crippen LogP contribution in [0.1, 0.15) is 30.1 Å².